The van der Waals surface area contributed by atoms with Gasteiger partial charge in [-0.15, -0.1) is 0 Å². The largest absolute Gasteiger partial charge is 0.379 e. The van der Waals surface area contributed by atoms with Crippen LogP contribution in [-0.2, 0) is 4.74 Å². The first-order valence-corrected chi connectivity index (χ1v) is 6.85. The van der Waals surface area contributed by atoms with Gasteiger partial charge in [0.25, 0.3) is 0 Å². The maximum absolute atomic E-state index is 5.44. The second-order valence-corrected chi connectivity index (χ2v) is 5.45. The van der Waals surface area contributed by atoms with Gasteiger partial charge in [-0.2, -0.15) is 0 Å². The number of likely N-dealkylation sites (tertiary alicyclic amines) is 1. The summed E-state index contributed by atoms with van der Waals surface area (Å²) in [4.78, 5) is 2.56. The maximum atomic E-state index is 5.44. The fourth-order valence-electron chi connectivity index (χ4n) is 3.26. The van der Waals surface area contributed by atoms with Gasteiger partial charge in [0.15, 0.2) is 0 Å². The van der Waals surface area contributed by atoms with Crippen molar-refractivity contribution in [2.24, 2.45) is 11.1 Å². The van der Waals surface area contributed by atoms with E-state index in [4.69, 9.17) is 10.5 Å². The number of hydrogen-bond donors (Lipinski definition) is 1. The van der Waals surface area contributed by atoms with Gasteiger partial charge in [0.2, 0.25) is 0 Å². The Hall–Kier alpha value is -0.120. The number of ether oxygens (including phenoxy) is 1. The van der Waals surface area contributed by atoms with Crippen molar-refractivity contribution >= 4 is 0 Å². The molecule has 1 aliphatic heterocycles. The van der Waals surface area contributed by atoms with E-state index < -0.39 is 0 Å². The highest BCUT2D eigenvalue weighted by atomic mass is 16.5. The first-order valence-electron chi connectivity index (χ1n) is 6.85. The van der Waals surface area contributed by atoms with E-state index in [0.717, 1.165) is 18.6 Å². The van der Waals surface area contributed by atoms with Crippen LogP contribution in [0.15, 0.2) is 0 Å². The molecule has 0 aromatic heterocycles. The summed E-state index contributed by atoms with van der Waals surface area (Å²) < 4.78 is 5.44. The van der Waals surface area contributed by atoms with Crippen molar-refractivity contribution < 1.29 is 4.74 Å². The molecule has 16 heavy (non-hydrogen) atoms. The van der Waals surface area contributed by atoms with Gasteiger partial charge in [-0.05, 0) is 44.2 Å². The van der Waals surface area contributed by atoms with E-state index in [1.54, 1.807) is 0 Å². The average molecular weight is 226 g/mol. The summed E-state index contributed by atoms with van der Waals surface area (Å²) in [6.45, 7) is 5.86. The van der Waals surface area contributed by atoms with Gasteiger partial charge in [0.1, 0.15) is 0 Å². The monoisotopic (exact) mass is 226 g/mol. The smallest absolute Gasteiger partial charge is 0.0594 e. The number of piperidine rings is 1. The highest BCUT2D eigenvalue weighted by Gasteiger charge is 2.36. The van der Waals surface area contributed by atoms with Crippen LogP contribution in [0, 0.1) is 5.41 Å². The van der Waals surface area contributed by atoms with Crippen molar-refractivity contribution in [2.75, 3.05) is 39.4 Å². The number of nitrogens with zero attached hydrogens (tertiary/aromatic N) is 1. The molecule has 0 bridgehead atoms. The van der Waals surface area contributed by atoms with E-state index in [0.29, 0.717) is 13.2 Å². The Morgan fingerprint density at radius 1 is 1.00 bits per heavy atom. The van der Waals surface area contributed by atoms with Gasteiger partial charge >= 0.3 is 0 Å². The van der Waals surface area contributed by atoms with Crippen LogP contribution in [0.2, 0.25) is 0 Å². The normalized spacial score (nSPS) is 25.3. The van der Waals surface area contributed by atoms with Crippen molar-refractivity contribution in [3.05, 3.63) is 0 Å². The summed E-state index contributed by atoms with van der Waals surface area (Å²) in [6, 6.07) is 0. The summed E-state index contributed by atoms with van der Waals surface area (Å²) in [5.41, 5.74) is 6.13. The molecule has 1 aliphatic carbocycles. The van der Waals surface area contributed by atoms with Crippen LogP contribution in [0.3, 0.4) is 0 Å². The summed E-state index contributed by atoms with van der Waals surface area (Å²) in [7, 11) is 0. The van der Waals surface area contributed by atoms with Crippen LogP contribution in [0.25, 0.3) is 0 Å². The molecule has 1 saturated carbocycles. The van der Waals surface area contributed by atoms with E-state index in [-0.39, 0.29) is 0 Å². The molecule has 1 heterocycles. The van der Waals surface area contributed by atoms with Gasteiger partial charge in [-0.3, -0.25) is 0 Å². The summed E-state index contributed by atoms with van der Waals surface area (Å²) in [5, 5.41) is 0. The van der Waals surface area contributed by atoms with Gasteiger partial charge in [0.05, 0.1) is 13.2 Å². The predicted molar refractivity (Wildman–Crippen MR) is 66.4 cm³/mol. The molecular weight excluding hydrogens is 200 g/mol. The Kier molecular flexibility index (Phi) is 4.62. The Morgan fingerprint density at radius 3 is 2.31 bits per heavy atom. The zero-order chi connectivity index (χ0) is 11.3. The first-order chi connectivity index (χ1) is 7.85. The molecule has 1 saturated heterocycles. The van der Waals surface area contributed by atoms with Crippen LogP contribution in [0.1, 0.15) is 38.5 Å². The van der Waals surface area contributed by atoms with Crippen molar-refractivity contribution in [2.45, 2.75) is 38.5 Å². The molecule has 0 unspecified atom stereocenters. The van der Waals surface area contributed by atoms with Gasteiger partial charge in [-0.1, -0.05) is 12.8 Å². The predicted octanol–water partition coefficient (Wildman–Crippen LogP) is 1.62. The topological polar surface area (TPSA) is 38.5 Å². The van der Waals surface area contributed by atoms with Crippen LogP contribution in [0.4, 0.5) is 0 Å². The maximum Gasteiger partial charge on any atom is 0.0594 e. The lowest BCUT2D eigenvalue weighted by atomic mass is 9.77. The molecule has 2 fully saturated rings. The molecule has 2 N–H and O–H groups in total. The first kappa shape index (κ1) is 12.3. The van der Waals surface area contributed by atoms with Gasteiger partial charge in [-0.25, -0.2) is 0 Å². The standard InChI is InChI=1S/C13H26N2O/c14-7-11-16-12-10-15-8-5-13(6-9-15)3-1-2-4-13/h1-12,14H2. The minimum absolute atomic E-state index is 0.642. The number of rotatable bonds is 5. The molecular formula is C13H26N2O. The quantitative estimate of drug-likeness (QED) is 0.724. The van der Waals surface area contributed by atoms with Crippen molar-refractivity contribution in [3.63, 3.8) is 0 Å². The van der Waals surface area contributed by atoms with Crippen molar-refractivity contribution in [1.29, 1.82) is 0 Å². The Morgan fingerprint density at radius 2 is 1.69 bits per heavy atom. The van der Waals surface area contributed by atoms with Gasteiger partial charge < -0.3 is 15.4 Å². The second kappa shape index (κ2) is 5.99. The third-order valence-corrected chi connectivity index (χ3v) is 4.39. The Balaban J connectivity index is 1.61. The third kappa shape index (κ3) is 3.19. The molecule has 0 atom stereocenters. The van der Waals surface area contributed by atoms with Crippen molar-refractivity contribution in [1.82, 2.24) is 4.90 Å². The molecule has 3 nitrogen and oxygen atoms in total. The zero-order valence-electron chi connectivity index (χ0n) is 10.4. The van der Waals surface area contributed by atoms with Crippen LogP contribution >= 0.6 is 0 Å². The number of nitrogens with two attached hydrogens (primary N) is 1. The molecule has 0 amide bonds. The Bertz CT molecular complexity index is 192. The average Bonchev–Trinajstić information content (AvgIpc) is 2.76. The molecule has 2 rings (SSSR count). The van der Waals surface area contributed by atoms with Crippen LogP contribution < -0.4 is 5.73 Å². The molecule has 3 heteroatoms. The highest BCUT2D eigenvalue weighted by Crippen LogP contribution is 2.45. The second-order valence-electron chi connectivity index (χ2n) is 5.45. The number of hydrogen-bond acceptors (Lipinski definition) is 3. The summed E-state index contributed by atoms with van der Waals surface area (Å²) in [5.74, 6) is 0. The fraction of sp³-hybridized carbons (Fsp3) is 1.00. The molecule has 0 aromatic rings. The SMILES string of the molecule is NCCOCCN1CCC2(CCCC2)CC1. The van der Waals surface area contributed by atoms with Gasteiger partial charge in [0, 0.05) is 13.1 Å². The molecule has 1 spiro atoms. The lowest BCUT2D eigenvalue weighted by Crippen LogP contribution is -2.40. The van der Waals surface area contributed by atoms with E-state index in [1.807, 2.05) is 0 Å². The third-order valence-electron chi connectivity index (χ3n) is 4.39. The molecule has 0 aromatic carbocycles. The highest BCUT2D eigenvalue weighted by molar-refractivity contribution is 4.89. The van der Waals surface area contributed by atoms with E-state index in [9.17, 15) is 0 Å². The van der Waals surface area contributed by atoms with E-state index in [1.165, 1.54) is 51.6 Å². The summed E-state index contributed by atoms with van der Waals surface area (Å²) in [6.07, 6.45) is 8.77. The Labute approximate surface area is 99.3 Å². The van der Waals surface area contributed by atoms with Crippen molar-refractivity contribution in [3.8, 4) is 0 Å². The van der Waals surface area contributed by atoms with E-state index >= 15 is 0 Å². The zero-order valence-corrected chi connectivity index (χ0v) is 10.4. The van der Waals surface area contributed by atoms with Crippen LogP contribution in [0.5, 0.6) is 0 Å². The molecule has 2 aliphatic rings. The minimum Gasteiger partial charge on any atom is -0.379 e. The molecule has 0 radical (unpaired) electrons. The summed E-state index contributed by atoms with van der Waals surface area (Å²) >= 11 is 0. The molecule has 94 valence electrons. The van der Waals surface area contributed by atoms with E-state index in [2.05, 4.69) is 4.90 Å². The lowest BCUT2D eigenvalue weighted by molar-refractivity contribution is 0.0670. The minimum atomic E-state index is 0.642. The fourth-order valence-corrected chi connectivity index (χ4v) is 3.26. The van der Waals surface area contributed by atoms with Crippen LogP contribution in [-0.4, -0.2) is 44.3 Å². The lowest BCUT2D eigenvalue weighted by Gasteiger charge is -2.39.